The second-order valence-corrected chi connectivity index (χ2v) is 8.18. The maximum absolute atomic E-state index is 12.2. The van der Waals surface area contributed by atoms with Crippen LogP contribution in [0.1, 0.15) is 32.6 Å². The number of thioether (sulfide) groups is 2. The van der Waals surface area contributed by atoms with E-state index in [1.54, 1.807) is 0 Å². The lowest BCUT2D eigenvalue weighted by Gasteiger charge is -2.37. The molecule has 1 amide bonds. The van der Waals surface area contributed by atoms with Gasteiger partial charge in [0.2, 0.25) is 5.91 Å². The first-order chi connectivity index (χ1) is 8.59. The molecule has 104 valence electrons. The molecule has 2 fully saturated rings. The minimum absolute atomic E-state index is 0.00694. The van der Waals surface area contributed by atoms with Gasteiger partial charge >= 0.3 is 0 Å². The van der Waals surface area contributed by atoms with E-state index in [1.165, 1.54) is 11.5 Å². The number of carbonyl (C=O) groups is 1. The van der Waals surface area contributed by atoms with E-state index < -0.39 is 0 Å². The first-order valence-corrected chi connectivity index (χ1v) is 9.06. The molecule has 1 aliphatic carbocycles. The lowest BCUT2D eigenvalue weighted by atomic mass is 9.74. The summed E-state index contributed by atoms with van der Waals surface area (Å²) in [5.41, 5.74) is 5.95. The lowest BCUT2D eigenvalue weighted by molar-refractivity contribution is -0.128. The van der Waals surface area contributed by atoms with Gasteiger partial charge in [-0.15, -0.1) is 0 Å². The maximum Gasteiger partial charge on any atom is 0.224 e. The van der Waals surface area contributed by atoms with Gasteiger partial charge in [-0.05, 0) is 19.8 Å². The summed E-state index contributed by atoms with van der Waals surface area (Å²) >= 11 is 3.98. The Hall–Kier alpha value is 0.130. The Morgan fingerprint density at radius 2 is 2.28 bits per heavy atom. The topological polar surface area (TPSA) is 55.1 Å². The summed E-state index contributed by atoms with van der Waals surface area (Å²) in [5.74, 6) is 3.81. The monoisotopic (exact) mass is 288 g/mol. The molecule has 1 aliphatic heterocycles. The summed E-state index contributed by atoms with van der Waals surface area (Å²) in [6.07, 6.45) is 4.22. The highest BCUT2D eigenvalue weighted by Gasteiger charge is 2.37. The zero-order valence-electron chi connectivity index (χ0n) is 11.1. The van der Waals surface area contributed by atoms with Crippen molar-refractivity contribution in [1.29, 1.82) is 0 Å². The summed E-state index contributed by atoms with van der Waals surface area (Å²) in [6.45, 7) is 2.84. The SMILES string of the molecule is CC1(N)CCCCC1C(=O)NCC1CSCCS1. The highest BCUT2D eigenvalue weighted by Crippen LogP contribution is 2.31. The highest BCUT2D eigenvalue weighted by molar-refractivity contribution is 8.06. The quantitative estimate of drug-likeness (QED) is 0.832. The summed E-state index contributed by atoms with van der Waals surface area (Å²) < 4.78 is 0. The van der Waals surface area contributed by atoms with Crippen LogP contribution in [0.3, 0.4) is 0 Å². The van der Waals surface area contributed by atoms with Crippen molar-refractivity contribution in [2.24, 2.45) is 11.7 Å². The van der Waals surface area contributed by atoms with E-state index in [9.17, 15) is 4.79 Å². The highest BCUT2D eigenvalue weighted by atomic mass is 32.2. The molecule has 3 N–H and O–H groups in total. The molecule has 1 heterocycles. The fraction of sp³-hybridized carbons (Fsp3) is 0.923. The second kappa shape index (κ2) is 6.53. The van der Waals surface area contributed by atoms with Crippen LogP contribution in [0.25, 0.3) is 0 Å². The Bertz CT molecular complexity index is 291. The molecule has 3 atom stereocenters. The Morgan fingerprint density at radius 3 is 2.94 bits per heavy atom. The van der Waals surface area contributed by atoms with Crippen molar-refractivity contribution in [1.82, 2.24) is 5.32 Å². The van der Waals surface area contributed by atoms with Crippen LogP contribution in [0.4, 0.5) is 0 Å². The lowest BCUT2D eigenvalue weighted by Crippen LogP contribution is -2.53. The number of hydrogen-bond acceptors (Lipinski definition) is 4. The van der Waals surface area contributed by atoms with Crippen molar-refractivity contribution in [2.75, 3.05) is 23.8 Å². The van der Waals surface area contributed by atoms with Crippen LogP contribution in [0, 0.1) is 5.92 Å². The van der Waals surface area contributed by atoms with Crippen LogP contribution in [0.15, 0.2) is 0 Å². The molecule has 1 saturated carbocycles. The number of hydrogen-bond donors (Lipinski definition) is 2. The normalized spacial score (nSPS) is 37.2. The van der Waals surface area contributed by atoms with E-state index in [0.29, 0.717) is 5.25 Å². The zero-order chi connectivity index (χ0) is 13.0. The van der Waals surface area contributed by atoms with E-state index in [1.807, 2.05) is 30.4 Å². The van der Waals surface area contributed by atoms with Crippen LogP contribution in [0.2, 0.25) is 0 Å². The molecule has 2 rings (SSSR count). The van der Waals surface area contributed by atoms with Crippen LogP contribution >= 0.6 is 23.5 Å². The Morgan fingerprint density at radius 1 is 1.44 bits per heavy atom. The fourth-order valence-electron chi connectivity index (χ4n) is 2.78. The molecule has 18 heavy (non-hydrogen) atoms. The van der Waals surface area contributed by atoms with E-state index >= 15 is 0 Å². The van der Waals surface area contributed by atoms with Crippen LogP contribution in [-0.4, -0.2) is 40.5 Å². The van der Waals surface area contributed by atoms with Gasteiger partial charge < -0.3 is 11.1 Å². The van der Waals surface area contributed by atoms with Gasteiger partial charge in [0.05, 0.1) is 5.92 Å². The largest absolute Gasteiger partial charge is 0.355 e. The molecule has 2 aliphatic rings. The molecule has 1 saturated heterocycles. The van der Waals surface area contributed by atoms with E-state index in [4.69, 9.17) is 5.73 Å². The molecule has 0 radical (unpaired) electrons. The number of nitrogens with one attached hydrogen (secondary N) is 1. The average molecular weight is 288 g/mol. The van der Waals surface area contributed by atoms with Gasteiger partial charge in [-0.25, -0.2) is 0 Å². The van der Waals surface area contributed by atoms with Gasteiger partial charge in [-0.3, -0.25) is 4.79 Å². The van der Waals surface area contributed by atoms with Crippen molar-refractivity contribution in [3.05, 3.63) is 0 Å². The van der Waals surface area contributed by atoms with Gasteiger partial charge in [-0.1, -0.05) is 12.8 Å². The summed E-state index contributed by atoms with van der Waals surface area (Å²) in [6, 6.07) is 0. The first kappa shape index (κ1) is 14.5. The van der Waals surface area contributed by atoms with Gasteiger partial charge in [0.25, 0.3) is 0 Å². The van der Waals surface area contributed by atoms with Crippen LogP contribution in [0.5, 0.6) is 0 Å². The van der Waals surface area contributed by atoms with Crippen molar-refractivity contribution >= 4 is 29.4 Å². The van der Waals surface area contributed by atoms with Gasteiger partial charge in [0.15, 0.2) is 0 Å². The van der Waals surface area contributed by atoms with Crippen molar-refractivity contribution in [3.63, 3.8) is 0 Å². The number of amides is 1. The van der Waals surface area contributed by atoms with Crippen molar-refractivity contribution < 1.29 is 4.79 Å². The molecule has 3 unspecified atom stereocenters. The number of carbonyl (C=O) groups excluding carboxylic acids is 1. The molecule has 0 aromatic rings. The van der Waals surface area contributed by atoms with Gasteiger partial charge in [0, 0.05) is 34.6 Å². The Labute approximate surface area is 118 Å². The van der Waals surface area contributed by atoms with Crippen LogP contribution < -0.4 is 11.1 Å². The predicted molar refractivity (Wildman–Crippen MR) is 81.1 cm³/mol. The van der Waals surface area contributed by atoms with Crippen LogP contribution in [-0.2, 0) is 4.79 Å². The Balaban J connectivity index is 1.79. The zero-order valence-corrected chi connectivity index (χ0v) is 12.7. The van der Waals surface area contributed by atoms with E-state index in [0.717, 1.165) is 38.0 Å². The predicted octanol–water partition coefficient (Wildman–Crippen LogP) is 1.86. The summed E-state index contributed by atoms with van der Waals surface area (Å²) in [7, 11) is 0. The van der Waals surface area contributed by atoms with Gasteiger partial charge in [-0.2, -0.15) is 23.5 Å². The van der Waals surface area contributed by atoms with Crippen molar-refractivity contribution in [3.8, 4) is 0 Å². The molecule has 0 spiro atoms. The third-order valence-corrected chi connectivity index (χ3v) is 6.80. The van der Waals surface area contributed by atoms with E-state index in [2.05, 4.69) is 5.32 Å². The molecule has 0 bridgehead atoms. The minimum Gasteiger partial charge on any atom is -0.355 e. The third-order valence-electron chi connectivity index (χ3n) is 3.96. The van der Waals surface area contributed by atoms with E-state index in [-0.39, 0.29) is 17.4 Å². The maximum atomic E-state index is 12.2. The van der Waals surface area contributed by atoms with Crippen molar-refractivity contribution in [2.45, 2.75) is 43.4 Å². The summed E-state index contributed by atoms with van der Waals surface area (Å²) in [4.78, 5) is 12.2. The second-order valence-electron chi connectivity index (χ2n) is 5.62. The standard InChI is InChI=1S/C13H24N2OS2/c1-13(14)5-3-2-4-11(13)12(16)15-8-10-9-17-6-7-18-10/h10-11H,2-9,14H2,1H3,(H,15,16). The molecule has 5 heteroatoms. The van der Waals surface area contributed by atoms with Gasteiger partial charge in [0.1, 0.15) is 0 Å². The fourth-order valence-corrected chi connectivity index (χ4v) is 5.39. The third kappa shape index (κ3) is 3.81. The molecular weight excluding hydrogens is 264 g/mol. The number of rotatable bonds is 3. The number of nitrogens with two attached hydrogens (primary N) is 1. The molecular formula is C13H24N2OS2. The molecule has 0 aromatic heterocycles. The molecule has 3 nitrogen and oxygen atoms in total. The smallest absolute Gasteiger partial charge is 0.224 e. The molecule has 0 aromatic carbocycles. The average Bonchev–Trinajstić information content (AvgIpc) is 2.37. The summed E-state index contributed by atoms with van der Waals surface area (Å²) in [5, 5.41) is 3.71. The minimum atomic E-state index is -0.309. The Kier molecular flexibility index (Phi) is 5.27. The first-order valence-electron chi connectivity index (χ1n) is 6.85.